The molecule has 0 radical (unpaired) electrons. The summed E-state index contributed by atoms with van der Waals surface area (Å²) in [7, 11) is 1.48. The van der Waals surface area contributed by atoms with Crippen molar-refractivity contribution in [2.24, 2.45) is 0 Å². The summed E-state index contributed by atoms with van der Waals surface area (Å²) in [4.78, 5) is 28.0. The summed E-state index contributed by atoms with van der Waals surface area (Å²) in [5, 5.41) is 10.3. The second-order valence-electron chi connectivity index (χ2n) is 5.92. The lowest BCUT2D eigenvalue weighted by Gasteiger charge is -2.11. The van der Waals surface area contributed by atoms with E-state index in [4.69, 9.17) is 16.3 Å². The first-order valence-electron chi connectivity index (χ1n) is 8.34. The van der Waals surface area contributed by atoms with Crippen LogP contribution in [0.2, 0.25) is 5.02 Å². The van der Waals surface area contributed by atoms with E-state index in [1.165, 1.54) is 14.0 Å². The number of rotatable bonds is 5. The summed E-state index contributed by atoms with van der Waals surface area (Å²) in [6.45, 7) is 3.16. The standard InChI is InChI=1S/C19H18ClN5O3/c1-11-21-18(24-25(11)15-7-4-13(20)5-8-15)19(27)23-14-6-9-16(22-12(2)26)17(10-14)28-3/h4-10H,1-3H3,(H,22,26)(H,23,27). The van der Waals surface area contributed by atoms with Crippen LogP contribution in [0.4, 0.5) is 11.4 Å². The lowest BCUT2D eigenvalue weighted by Crippen LogP contribution is -2.14. The SMILES string of the molecule is COc1cc(NC(=O)c2nc(C)n(-c3ccc(Cl)cc3)n2)ccc1NC(C)=O. The van der Waals surface area contributed by atoms with Crippen molar-refractivity contribution in [3.63, 3.8) is 0 Å². The van der Waals surface area contributed by atoms with Crippen LogP contribution in [0.25, 0.3) is 5.69 Å². The quantitative estimate of drug-likeness (QED) is 0.684. The number of hydrogen-bond donors (Lipinski definition) is 2. The highest BCUT2D eigenvalue weighted by Crippen LogP contribution is 2.28. The van der Waals surface area contributed by atoms with Gasteiger partial charge in [0.25, 0.3) is 5.91 Å². The van der Waals surface area contributed by atoms with Gasteiger partial charge in [-0.2, -0.15) is 0 Å². The first-order valence-corrected chi connectivity index (χ1v) is 8.72. The molecule has 0 saturated heterocycles. The van der Waals surface area contributed by atoms with Crippen LogP contribution in [0.3, 0.4) is 0 Å². The van der Waals surface area contributed by atoms with Gasteiger partial charge in [-0.15, -0.1) is 5.10 Å². The van der Waals surface area contributed by atoms with E-state index in [1.807, 2.05) is 0 Å². The Kier molecular flexibility index (Phi) is 5.60. The molecule has 0 fully saturated rings. The van der Waals surface area contributed by atoms with Crippen molar-refractivity contribution < 1.29 is 14.3 Å². The second kappa shape index (κ2) is 8.10. The van der Waals surface area contributed by atoms with Crippen LogP contribution in [-0.4, -0.2) is 33.7 Å². The number of nitrogens with zero attached hydrogens (tertiary/aromatic N) is 3. The molecule has 1 aromatic heterocycles. The first kappa shape index (κ1) is 19.4. The van der Waals surface area contributed by atoms with E-state index in [1.54, 1.807) is 54.1 Å². The molecule has 144 valence electrons. The van der Waals surface area contributed by atoms with E-state index >= 15 is 0 Å². The van der Waals surface area contributed by atoms with Crippen LogP contribution < -0.4 is 15.4 Å². The molecule has 0 spiro atoms. The highest BCUT2D eigenvalue weighted by atomic mass is 35.5. The Balaban J connectivity index is 1.81. The van der Waals surface area contributed by atoms with Gasteiger partial charge in [0.05, 0.1) is 18.5 Å². The van der Waals surface area contributed by atoms with E-state index in [9.17, 15) is 9.59 Å². The summed E-state index contributed by atoms with van der Waals surface area (Å²) in [5.74, 6) is 0.319. The zero-order valence-electron chi connectivity index (χ0n) is 15.5. The van der Waals surface area contributed by atoms with Gasteiger partial charge in [-0.25, -0.2) is 9.67 Å². The Labute approximate surface area is 166 Å². The second-order valence-corrected chi connectivity index (χ2v) is 6.36. The number of aryl methyl sites for hydroxylation is 1. The molecule has 0 aliphatic rings. The Morgan fingerprint density at radius 3 is 2.46 bits per heavy atom. The van der Waals surface area contributed by atoms with Gasteiger partial charge < -0.3 is 15.4 Å². The molecule has 8 nitrogen and oxygen atoms in total. The maximum Gasteiger partial charge on any atom is 0.295 e. The molecule has 0 saturated carbocycles. The number of benzene rings is 2. The molecular formula is C19H18ClN5O3. The molecular weight excluding hydrogens is 382 g/mol. The lowest BCUT2D eigenvalue weighted by molar-refractivity contribution is -0.114. The maximum atomic E-state index is 12.5. The van der Waals surface area contributed by atoms with Gasteiger partial charge in [-0.05, 0) is 43.3 Å². The number of amides is 2. The first-order chi connectivity index (χ1) is 13.4. The van der Waals surface area contributed by atoms with Crippen molar-refractivity contribution >= 4 is 34.8 Å². The van der Waals surface area contributed by atoms with E-state index in [0.717, 1.165) is 5.69 Å². The Morgan fingerprint density at radius 1 is 1.11 bits per heavy atom. The Bertz CT molecular complexity index is 1030. The normalized spacial score (nSPS) is 10.4. The average Bonchev–Trinajstić information content (AvgIpc) is 3.05. The minimum Gasteiger partial charge on any atom is -0.494 e. The van der Waals surface area contributed by atoms with Crippen molar-refractivity contribution in [2.75, 3.05) is 17.7 Å². The number of ether oxygens (including phenoxy) is 1. The van der Waals surface area contributed by atoms with E-state index in [0.29, 0.717) is 28.0 Å². The zero-order chi connectivity index (χ0) is 20.3. The third-order valence-electron chi connectivity index (χ3n) is 3.81. The molecule has 3 rings (SSSR count). The summed E-state index contributed by atoms with van der Waals surface area (Å²) >= 11 is 5.91. The Morgan fingerprint density at radius 2 is 1.82 bits per heavy atom. The van der Waals surface area contributed by atoms with Crippen molar-refractivity contribution in [3.8, 4) is 11.4 Å². The van der Waals surface area contributed by atoms with Crippen LogP contribution in [0.5, 0.6) is 5.75 Å². The highest BCUT2D eigenvalue weighted by molar-refractivity contribution is 6.30. The molecule has 3 aromatic rings. The van der Waals surface area contributed by atoms with Gasteiger partial charge in [0.2, 0.25) is 11.7 Å². The Hall–Kier alpha value is -3.39. The van der Waals surface area contributed by atoms with Crippen LogP contribution in [0.1, 0.15) is 23.4 Å². The topological polar surface area (TPSA) is 98.1 Å². The highest BCUT2D eigenvalue weighted by Gasteiger charge is 2.16. The monoisotopic (exact) mass is 399 g/mol. The molecule has 1 heterocycles. The minimum atomic E-state index is -0.467. The number of methoxy groups -OCH3 is 1. The predicted octanol–water partition coefficient (Wildman–Crippen LogP) is 3.45. The molecule has 0 unspecified atom stereocenters. The largest absolute Gasteiger partial charge is 0.494 e. The third kappa shape index (κ3) is 4.29. The number of carbonyl (C=O) groups excluding carboxylic acids is 2. The number of carbonyl (C=O) groups is 2. The van der Waals surface area contributed by atoms with Gasteiger partial charge >= 0.3 is 0 Å². The summed E-state index contributed by atoms with van der Waals surface area (Å²) < 4.78 is 6.81. The molecule has 28 heavy (non-hydrogen) atoms. The van der Waals surface area contributed by atoms with Gasteiger partial charge in [-0.1, -0.05) is 11.6 Å². The van der Waals surface area contributed by atoms with Gasteiger partial charge in [0.15, 0.2) is 0 Å². The smallest absolute Gasteiger partial charge is 0.295 e. The summed E-state index contributed by atoms with van der Waals surface area (Å²) in [6, 6.07) is 11.9. The molecule has 0 atom stereocenters. The molecule has 2 aromatic carbocycles. The van der Waals surface area contributed by atoms with E-state index in [-0.39, 0.29) is 11.7 Å². The van der Waals surface area contributed by atoms with Crippen molar-refractivity contribution in [3.05, 3.63) is 59.1 Å². The molecule has 0 aliphatic carbocycles. The van der Waals surface area contributed by atoms with Crippen LogP contribution in [0.15, 0.2) is 42.5 Å². The molecule has 0 aliphatic heterocycles. The molecule has 2 N–H and O–H groups in total. The van der Waals surface area contributed by atoms with Gasteiger partial charge in [0.1, 0.15) is 11.6 Å². The van der Waals surface area contributed by atoms with Crippen LogP contribution in [-0.2, 0) is 4.79 Å². The van der Waals surface area contributed by atoms with E-state index in [2.05, 4.69) is 20.7 Å². The molecule has 9 heteroatoms. The number of aromatic nitrogens is 3. The van der Waals surface area contributed by atoms with Gasteiger partial charge in [-0.3, -0.25) is 9.59 Å². The van der Waals surface area contributed by atoms with Crippen LogP contribution >= 0.6 is 11.6 Å². The fourth-order valence-electron chi connectivity index (χ4n) is 2.56. The van der Waals surface area contributed by atoms with Crippen molar-refractivity contribution in [1.82, 2.24) is 14.8 Å². The van der Waals surface area contributed by atoms with Gasteiger partial charge in [0, 0.05) is 23.7 Å². The van der Waals surface area contributed by atoms with Crippen molar-refractivity contribution in [2.45, 2.75) is 13.8 Å². The van der Waals surface area contributed by atoms with Crippen LogP contribution in [0, 0.1) is 6.92 Å². The molecule has 2 amide bonds. The number of nitrogens with one attached hydrogen (secondary N) is 2. The minimum absolute atomic E-state index is 0.0253. The molecule has 0 bridgehead atoms. The zero-order valence-corrected chi connectivity index (χ0v) is 16.2. The summed E-state index contributed by atoms with van der Waals surface area (Å²) in [5.41, 5.74) is 1.74. The fourth-order valence-corrected chi connectivity index (χ4v) is 2.69. The van der Waals surface area contributed by atoms with E-state index < -0.39 is 5.91 Å². The number of anilines is 2. The number of halogens is 1. The lowest BCUT2D eigenvalue weighted by atomic mass is 10.2. The maximum absolute atomic E-state index is 12.5. The summed E-state index contributed by atoms with van der Waals surface area (Å²) in [6.07, 6.45) is 0. The number of hydrogen-bond acceptors (Lipinski definition) is 5. The third-order valence-corrected chi connectivity index (χ3v) is 4.07. The predicted molar refractivity (Wildman–Crippen MR) is 106 cm³/mol. The average molecular weight is 400 g/mol. The van der Waals surface area contributed by atoms with Crippen molar-refractivity contribution in [1.29, 1.82) is 0 Å². The fraction of sp³-hybridized carbons (Fsp3) is 0.158.